The van der Waals surface area contributed by atoms with E-state index in [1.165, 1.54) is 37.7 Å². The quantitative estimate of drug-likeness (QED) is 0.579. The van der Waals surface area contributed by atoms with Gasteiger partial charge in [-0.05, 0) is 60.3 Å². The van der Waals surface area contributed by atoms with E-state index in [0.29, 0.717) is 37.5 Å². The van der Waals surface area contributed by atoms with Gasteiger partial charge < -0.3 is 15.1 Å². The summed E-state index contributed by atoms with van der Waals surface area (Å²) in [5.74, 6) is 0.281. The maximum atomic E-state index is 13.8. The Bertz CT molecular complexity index is 1140. The molecule has 37 heavy (non-hydrogen) atoms. The first kappa shape index (κ1) is 25.5. The Hall–Kier alpha value is -3.15. The number of hydrogen-bond acceptors (Lipinski definition) is 3. The first-order chi connectivity index (χ1) is 17.9. The van der Waals surface area contributed by atoms with Crippen LogP contribution in [0, 0.1) is 5.92 Å². The molecule has 0 spiro atoms. The monoisotopic (exact) mass is 501 g/mol. The lowest BCUT2D eigenvalue weighted by Crippen LogP contribution is -2.55. The summed E-state index contributed by atoms with van der Waals surface area (Å²) in [6.45, 7) is 5.38. The summed E-state index contributed by atoms with van der Waals surface area (Å²) in [5, 5.41) is 3.07. The Morgan fingerprint density at radius 3 is 2.38 bits per heavy atom. The minimum absolute atomic E-state index is 0.0576. The zero-order valence-electron chi connectivity index (χ0n) is 22.1. The topological polar surface area (TPSA) is 69.7 Å². The van der Waals surface area contributed by atoms with E-state index >= 15 is 0 Å². The lowest BCUT2D eigenvalue weighted by Gasteiger charge is -2.35. The lowest BCUT2D eigenvalue weighted by molar-refractivity contribution is -0.143. The van der Waals surface area contributed by atoms with Gasteiger partial charge in [-0.2, -0.15) is 0 Å². The molecule has 3 aliphatic rings. The molecule has 2 heterocycles. The fraction of sp³-hybridized carbons (Fsp3) is 0.516. The molecule has 2 fully saturated rings. The van der Waals surface area contributed by atoms with Gasteiger partial charge in [0, 0.05) is 25.2 Å². The highest BCUT2D eigenvalue weighted by molar-refractivity contribution is 6.01. The second kappa shape index (κ2) is 11.1. The smallest absolute Gasteiger partial charge is 0.255 e. The van der Waals surface area contributed by atoms with E-state index < -0.39 is 12.1 Å². The van der Waals surface area contributed by atoms with Crippen LogP contribution in [0.4, 0.5) is 0 Å². The molecule has 6 nitrogen and oxygen atoms in total. The van der Waals surface area contributed by atoms with E-state index in [-0.39, 0.29) is 23.6 Å². The molecule has 2 aromatic rings. The zero-order chi connectivity index (χ0) is 25.9. The summed E-state index contributed by atoms with van der Waals surface area (Å²) < 4.78 is 0. The number of nitrogens with one attached hydrogen (secondary N) is 1. The van der Waals surface area contributed by atoms with Gasteiger partial charge in [0.2, 0.25) is 11.8 Å². The fourth-order valence-electron chi connectivity index (χ4n) is 6.40. The molecule has 1 N–H and O–H groups in total. The number of fused-ring (bicyclic) bond motifs is 1. The van der Waals surface area contributed by atoms with E-state index in [4.69, 9.17) is 0 Å². The van der Waals surface area contributed by atoms with Gasteiger partial charge in [0.1, 0.15) is 12.1 Å². The molecule has 5 rings (SSSR count). The van der Waals surface area contributed by atoms with Gasteiger partial charge in [-0.3, -0.25) is 14.4 Å². The lowest BCUT2D eigenvalue weighted by atomic mass is 9.84. The van der Waals surface area contributed by atoms with Gasteiger partial charge in [0.15, 0.2) is 0 Å². The number of carbonyl (C=O) groups excluding carboxylic acids is 3. The van der Waals surface area contributed by atoms with Gasteiger partial charge >= 0.3 is 0 Å². The molecular formula is C31H39N3O3. The van der Waals surface area contributed by atoms with Crippen LogP contribution in [-0.4, -0.2) is 46.1 Å². The Morgan fingerprint density at radius 1 is 0.946 bits per heavy atom. The minimum Gasteiger partial charge on any atom is -0.350 e. The van der Waals surface area contributed by atoms with Crippen LogP contribution in [0.25, 0.3) is 0 Å². The van der Waals surface area contributed by atoms with Crippen molar-refractivity contribution in [1.82, 2.24) is 15.1 Å². The predicted molar refractivity (Wildman–Crippen MR) is 144 cm³/mol. The Morgan fingerprint density at radius 2 is 1.68 bits per heavy atom. The molecule has 1 saturated carbocycles. The average molecular weight is 502 g/mol. The SMILES string of the molecule is CC(C)C(C(=O)N1CCC[C@H]1C(=O)NCc1ccc(C2CCCCC2)cc1)N1Cc2ccccc2C1=O. The normalized spacial score (nSPS) is 20.8. The van der Waals surface area contributed by atoms with Crippen LogP contribution < -0.4 is 5.32 Å². The van der Waals surface area contributed by atoms with Crippen LogP contribution in [0.2, 0.25) is 0 Å². The van der Waals surface area contributed by atoms with E-state index in [0.717, 1.165) is 17.5 Å². The van der Waals surface area contributed by atoms with Crippen molar-refractivity contribution in [3.63, 3.8) is 0 Å². The molecule has 0 aromatic heterocycles. The van der Waals surface area contributed by atoms with Crippen LogP contribution in [-0.2, 0) is 22.7 Å². The van der Waals surface area contributed by atoms with Crippen LogP contribution in [0.3, 0.4) is 0 Å². The first-order valence-corrected chi connectivity index (χ1v) is 14.0. The minimum atomic E-state index is -0.583. The van der Waals surface area contributed by atoms with Crippen molar-refractivity contribution >= 4 is 17.7 Å². The van der Waals surface area contributed by atoms with Crippen LogP contribution in [0.15, 0.2) is 48.5 Å². The Kier molecular flexibility index (Phi) is 7.63. The first-order valence-electron chi connectivity index (χ1n) is 14.0. The largest absolute Gasteiger partial charge is 0.350 e. The van der Waals surface area contributed by atoms with Crippen molar-refractivity contribution in [3.05, 3.63) is 70.8 Å². The molecule has 2 aromatic carbocycles. The number of likely N-dealkylation sites (tertiary alicyclic amines) is 1. The molecule has 2 aliphatic heterocycles. The third kappa shape index (κ3) is 5.29. The summed E-state index contributed by atoms with van der Waals surface area (Å²) >= 11 is 0. The third-order valence-corrected chi connectivity index (χ3v) is 8.43. The van der Waals surface area contributed by atoms with Gasteiger partial charge in [-0.25, -0.2) is 0 Å². The molecule has 0 radical (unpaired) electrons. The van der Waals surface area contributed by atoms with Gasteiger partial charge in [0.25, 0.3) is 5.91 Å². The Labute approximate surface area is 220 Å². The maximum absolute atomic E-state index is 13.8. The van der Waals surface area contributed by atoms with Gasteiger partial charge in [-0.1, -0.05) is 75.6 Å². The summed E-state index contributed by atoms with van der Waals surface area (Å²) in [7, 11) is 0. The summed E-state index contributed by atoms with van der Waals surface area (Å²) in [5.41, 5.74) is 4.10. The van der Waals surface area contributed by atoms with Crippen molar-refractivity contribution in [1.29, 1.82) is 0 Å². The number of amides is 3. The van der Waals surface area contributed by atoms with Crippen molar-refractivity contribution in [2.24, 2.45) is 5.92 Å². The third-order valence-electron chi connectivity index (χ3n) is 8.43. The molecule has 3 amide bonds. The molecule has 1 aliphatic carbocycles. The number of rotatable bonds is 7. The average Bonchev–Trinajstić information content (AvgIpc) is 3.54. The zero-order valence-corrected chi connectivity index (χ0v) is 22.1. The van der Waals surface area contributed by atoms with Crippen molar-refractivity contribution in [2.45, 2.75) is 89.9 Å². The fourth-order valence-corrected chi connectivity index (χ4v) is 6.40. The number of carbonyl (C=O) groups is 3. The molecular weight excluding hydrogens is 462 g/mol. The van der Waals surface area contributed by atoms with Crippen molar-refractivity contribution < 1.29 is 14.4 Å². The molecule has 2 atom stereocenters. The molecule has 6 heteroatoms. The van der Waals surface area contributed by atoms with Gasteiger partial charge in [-0.15, -0.1) is 0 Å². The predicted octanol–water partition coefficient (Wildman–Crippen LogP) is 5.02. The van der Waals surface area contributed by atoms with E-state index in [1.807, 2.05) is 38.1 Å². The highest BCUT2D eigenvalue weighted by Gasteiger charge is 2.43. The molecule has 196 valence electrons. The summed E-state index contributed by atoms with van der Waals surface area (Å²) in [6.07, 6.45) is 7.96. The standard InChI is InChI=1S/C31H39N3O3/c1-21(2)28(34-20-25-11-6-7-12-26(25)30(34)36)31(37)33-18-8-13-27(33)29(35)32-19-22-14-16-24(17-15-22)23-9-4-3-5-10-23/h6-7,11-12,14-17,21,23,27-28H,3-5,8-10,13,18-20H2,1-2H3,(H,32,35)/t27-,28?/m0/s1. The number of benzene rings is 2. The van der Waals surface area contributed by atoms with E-state index in [1.54, 1.807) is 9.80 Å². The van der Waals surface area contributed by atoms with Crippen LogP contribution in [0.1, 0.15) is 91.8 Å². The number of hydrogen-bond donors (Lipinski definition) is 1. The molecule has 1 saturated heterocycles. The van der Waals surface area contributed by atoms with E-state index in [2.05, 4.69) is 29.6 Å². The van der Waals surface area contributed by atoms with E-state index in [9.17, 15) is 14.4 Å². The second-order valence-corrected chi connectivity index (χ2v) is 11.3. The van der Waals surface area contributed by atoms with Crippen LogP contribution >= 0.6 is 0 Å². The Balaban J connectivity index is 1.22. The van der Waals surface area contributed by atoms with Crippen molar-refractivity contribution in [2.75, 3.05) is 6.54 Å². The molecule has 1 unspecified atom stereocenters. The highest BCUT2D eigenvalue weighted by atomic mass is 16.2. The maximum Gasteiger partial charge on any atom is 0.255 e. The van der Waals surface area contributed by atoms with Crippen LogP contribution in [0.5, 0.6) is 0 Å². The summed E-state index contributed by atoms with van der Waals surface area (Å²) in [4.78, 5) is 43.6. The van der Waals surface area contributed by atoms with Gasteiger partial charge in [0.05, 0.1) is 0 Å². The van der Waals surface area contributed by atoms with Crippen molar-refractivity contribution in [3.8, 4) is 0 Å². The summed E-state index contributed by atoms with van der Waals surface area (Å²) in [6, 6.07) is 15.1. The number of nitrogens with zero attached hydrogens (tertiary/aromatic N) is 2. The second-order valence-electron chi connectivity index (χ2n) is 11.3. The highest BCUT2D eigenvalue weighted by Crippen LogP contribution is 2.33. The molecule has 0 bridgehead atoms.